The number of aliphatic hydroxyl groups excluding tert-OH is 1. The van der Waals surface area contributed by atoms with Gasteiger partial charge >= 0.3 is 6.03 Å². The maximum absolute atomic E-state index is 11.9. The molecule has 0 unspecified atom stereocenters. The molecule has 0 heterocycles. The summed E-state index contributed by atoms with van der Waals surface area (Å²) in [6.07, 6.45) is 1.63. The number of aliphatic hydroxyl groups is 1. The van der Waals surface area contributed by atoms with Crippen molar-refractivity contribution in [2.24, 2.45) is 0 Å². The van der Waals surface area contributed by atoms with Gasteiger partial charge in [-0.05, 0) is 24.6 Å². The van der Waals surface area contributed by atoms with Crippen LogP contribution in [0.5, 0.6) is 0 Å². The SMILES string of the molecule is C=CCN(CCO)C(=O)Nc1cccc(C)c1. The Bertz CT molecular complexity index is 391. The Morgan fingerprint density at radius 1 is 1.59 bits per heavy atom. The molecule has 0 saturated heterocycles. The minimum absolute atomic E-state index is 0.0604. The van der Waals surface area contributed by atoms with E-state index >= 15 is 0 Å². The number of hydrogen-bond donors (Lipinski definition) is 2. The highest BCUT2D eigenvalue weighted by Crippen LogP contribution is 2.10. The zero-order chi connectivity index (χ0) is 12.7. The first kappa shape index (κ1) is 13.3. The van der Waals surface area contributed by atoms with Gasteiger partial charge in [0, 0.05) is 18.8 Å². The molecule has 0 saturated carbocycles. The Kier molecular flexibility index (Phi) is 5.23. The zero-order valence-electron chi connectivity index (χ0n) is 10.0. The molecule has 0 radical (unpaired) electrons. The number of urea groups is 1. The van der Waals surface area contributed by atoms with E-state index in [1.807, 2.05) is 31.2 Å². The molecule has 4 nitrogen and oxygen atoms in total. The number of carbonyl (C=O) groups is 1. The molecule has 4 heteroatoms. The largest absolute Gasteiger partial charge is 0.395 e. The third-order valence-electron chi connectivity index (χ3n) is 2.28. The lowest BCUT2D eigenvalue weighted by molar-refractivity contribution is 0.195. The molecule has 92 valence electrons. The van der Waals surface area contributed by atoms with Crippen LogP contribution in [-0.4, -0.2) is 35.7 Å². The van der Waals surface area contributed by atoms with Crippen LogP contribution in [0.3, 0.4) is 0 Å². The van der Waals surface area contributed by atoms with Crippen molar-refractivity contribution in [1.29, 1.82) is 0 Å². The van der Waals surface area contributed by atoms with Crippen LogP contribution in [0.2, 0.25) is 0 Å². The molecule has 17 heavy (non-hydrogen) atoms. The fourth-order valence-corrected chi connectivity index (χ4v) is 1.48. The number of carbonyl (C=O) groups excluding carboxylic acids is 1. The first-order valence-corrected chi connectivity index (χ1v) is 5.51. The highest BCUT2D eigenvalue weighted by molar-refractivity contribution is 5.89. The van der Waals surface area contributed by atoms with Crippen LogP contribution in [-0.2, 0) is 0 Å². The lowest BCUT2D eigenvalue weighted by Gasteiger charge is -2.20. The summed E-state index contributed by atoms with van der Waals surface area (Å²) >= 11 is 0. The van der Waals surface area contributed by atoms with Gasteiger partial charge in [-0.25, -0.2) is 4.79 Å². The molecule has 0 aliphatic heterocycles. The Labute approximate surface area is 102 Å². The van der Waals surface area contributed by atoms with Crippen molar-refractivity contribution in [3.63, 3.8) is 0 Å². The van der Waals surface area contributed by atoms with Crippen molar-refractivity contribution in [3.05, 3.63) is 42.5 Å². The van der Waals surface area contributed by atoms with Crippen LogP contribution in [0.1, 0.15) is 5.56 Å². The normalized spacial score (nSPS) is 9.76. The van der Waals surface area contributed by atoms with Gasteiger partial charge in [0.25, 0.3) is 0 Å². The second-order valence-electron chi connectivity index (χ2n) is 3.76. The molecule has 0 atom stereocenters. The quantitative estimate of drug-likeness (QED) is 0.766. The lowest BCUT2D eigenvalue weighted by atomic mass is 10.2. The number of amides is 2. The molecular weight excluding hydrogens is 216 g/mol. The fourth-order valence-electron chi connectivity index (χ4n) is 1.48. The van der Waals surface area contributed by atoms with E-state index in [-0.39, 0.29) is 12.6 Å². The maximum Gasteiger partial charge on any atom is 0.322 e. The van der Waals surface area contributed by atoms with E-state index in [1.54, 1.807) is 6.08 Å². The molecule has 1 aromatic carbocycles. The molecule has 0 bridgehead atoms. The van der Waals surface area contributed by atoms with Gasteiger partial charge in [0.15, 0.2) is 0 Å². The van der Waals surface area contributed by atoms with E-state index in [2.05, 4.69) is 11.9 Å². The van der Waals surface area contributed by atoms with Crippen molar-refractivity contribution >= 4 is 11.7 Å². The van der Waals surface area contributed by atoms with Crippen LogP contribution in [0.25, 0.3) is 0 Å². The average molecular weight is 234 g/mol. The summed E-state index contributed by atoms with van der Waals surface area (Å²) in [5.74, 6) is 0. The van der Waals surface area contributed by atoms with Crippen LogP contribution in [0.15, 0.2) is 36.9 Å². The Morgan fingerprint density at radius 3 is 2.94 bits per heavy atom. The summed E-state index contributed by atoms with van der Waals surface area (Å²) in [6, 6.07) is 7.34. The molecular formula is C13H18N2O2. The van der Waals surface area contributed by atoms with Crippen molar-refractivity contribution < 1.29 is 9.90 Å². The number of rotatable bonds is 5. The first-order valence-electron chi connectivity index (χ1n) is 5.51. The summed E-state index contributed by atoms with van der Waals surface area (Å²) in [6.45, 7) is 6.20. The standard InChI is InChI=1S/C13H18N2O2/c1-3-7-15(8-9-16)13(17)14-12-6-4-5-11(2)10-12/h3-6,10,16H,1,7-9H2,2H3,(H,14,17). The maximum atomic E-state index is 11.9. The Morgan fingerprint density at radius 2 is 2.35 bits per heavy atom. The van der Waals surface area contributed by atoms with Gasteiger partial charge < -0.3 is 15.3 Å². The van der Waals surface area contributed by atoms with Crippen molar-refractivity contribution in [2.45, 2.75) is 6.92 Å². The number of nitrogens with one attached hydrogen (secondary N) is 1. The highest BCUT2D eigenvalue weighted by atomic mass is 16.3. The fraction of sp³-hybridized carbons (Fsp3) is 0.308. The third-order valence-corrected chi connectivity index (χ3v) is 2.28. The van der Waals surface area contributed by atoms with E-state index in [0.29, 0.717) is 13.1 Å². The van der Waals surface area contributed by atoms with E-state index < -0.39 is 0 Å². The van der Waals surface area contributed by atoms with Gasteiger partial charge in [-0.1, -0.05) is 18.2 Å². The van der Waals surface area contributed by atoms with Gasteiger partial charge in [-0.2, -0.15) is 0 Å². The van der Waals surface area contributed by atoms with Gasteiger partial charge in [0.05, 0.1) is 6.61 Å². The van der Waals surface area contributed by atoms with E-state index in [0.717, 1.165) is 11.3 Å². The van der Waals surface area contributed by atoms with E-state index in [4.69, 9.17) is 5.11 Å². The molecule has 1 aromatic rings. The van der Waals surface area contributed by atoms with Gasteiger partial charge in [-0.15, -0.1) is 6.58 Å². The minimum Gasteiger partial charge on any atom is -0.395 e. The average Bonchev–Trinajstić information content (AvgIpc) is 2.28. The monoisotopic (exact) mass is 234 g/mol. The number of nitrogens with zero attached hydrogens (tertiary/aromatic N) is 1. The number of hydrogen-bond acceptors (Lipinski definition) is 2. The summed E-state index contributed by atoms with van der Waals surface area (Å²) in [5, 5.41) is 11.6. The molecule has 0 spiro atoms. The molecule has 2 amide bonds. The first-order chi connectivity index (χ1) is 8.17. The zero-order valence-corrected chi connectivity index (χ0v) is 10.0. The molecule has 2 N–H and O–H groups in total. The second kappa shape index (κ2) is 6.70. The number of benzene rings is 1. The Hall–Kier alpha value is -1.81. The highest BCUT2D eigenvalue weighted by Gasteiger charge is 2.11. The molecule has 0 aliphatic rings. The van der Waals surface area contributed by atoms with Crippen molar-refractivity contribution in [2.75, 3.05) is 25.0 Å². The predicted molar refractivity (Wildman–Crippen MR) is 69.1 cm³/mol. The predicted octanol–water partition coefficient (Wildman–Crippen LogP) is 2.01. The Balaban J connectivity index is 2.65. The van der Waals surface area contributed by atoms with E-state index in [1.165, 1.54) is 4.90 Å². The number of anilines is 1. The topological polar surface area (TPSA) is 52.6 Å². The summed E-state index contributed by atoms with van der Waals surface area (Å²) in [7, 11) is 0. The van der Waals surface area contributed by atoms with Crippen LogP contribution < -0.4 is 5.32 Å². The van der Waals surface area contributed by atoms with Crippen molar-refractivity contribution in [3.8, 4) is 0 Å². The van der Waals surface area contributed by atoms with Crippen molar-refractivity contribution in [1.82, 2.24) is 4.90 Å². The van der Waals surface area contributed by atoms with Gasteiger partial charge in [0.1, 0.15) is 0 Å². The van der Waals surface area contributed by atoms with Gasteiger partial charge in [-0.3, -0.25) is 0 Å². The molecule has 0 aromatic heterocycles. The molecule has 0 fully saturated rings. The van der Waals surface area contributed by atoms with E-state index in [9.17, 15) is 4.79 Å². The lowest BCUT2D eigenvalue weighted by Crippen LogP contribution is -2.37. The molecule has 1 rings (SSSR count). The van der Waals surface area contributed by atoms with Crippen LogP contribution in [0, 0.1) is 6.92 Å². The van der Waals surface area contributed by atoms with Crippen LogP contribution >= 0.6 is 0 Å². The number of aryl methyl sites for hydroxylation is 1. The summed E-state index contributed by atoms with van der Waals surface area (Å²) < 4.78 is 0. The summed E-state index contributed by atoms with van der Waals surface area (Å²) in [5.41, 5.74) is 1.84. The minimum atomic E-state index is -0.232. The third kappa shape index (κ3) is 4.28. The second-order valence-corrected chi connectivity index (χ2v) is 3.76. The van der Waals surface area contributed by atoms with Gasteiger partial charge in [0.2, 0.25) is 0 Å². The van der Waals surface area contributed by atoms with Crippen LogP contribution in [0.4, 0.5) is 10.5 Å². The molecule has 0 aliphatic carbocycles. The summed E-state index contributed by atoms with van der Waals surface area (Å²) in [4.78, 5) is 13.4. The smallest absolute Gasteiger partial charge is 0.322 e.